The normalized spacial score (nSPS) is 13.7. The fourth-order valence-corrected chi connectivity index (χ4v) is 1.57. The van der Waals surface area contributed by atoms with Gasteiger partial charge in [0.15, 0.2) is 0 Å². The SMILES string of the molecule is CC(C)COC(=O)[C@@H](C)N(CC(=O)O)C(=O)[C@H](C)CS. The molecule has 1 amide bonds. The van der Waals surface area contributed by atoms with E-state index in [2.05, 4.69) is 12.6 Å². The predicted octanol–water partition coefficient (Wildman–Crippen LogP) is 1.05. The van der Waals surface area contributed by atoms with Gasteiger partial charge in [0.1, 0.15) is 12.6 Å². The zero-order valence-corrected chi connectivity index (χ0v) is 13.2. The number of amides is 1. The molecule has 0 spiro atoms. The van der Waals surface area contributed by atoms with Gasteiger partial charge in [-0.3, -0.25) is 9.59 Å². The summed E-state index contributed by atoms with van der Waals surface area (Å²) in [4.78, 5) is 35.8. The average molecular weight is 305 g/mol. The Morgan fingerprint density at radius 1 is 1.20 bits per heavy atom. The van der Waals surface area contributed by atoms with E-state index < -0.39 is 36.4 Å². The highest BCUT2D eigenvalue weighted by Gasteiger charge is 2.31. The maximum absolute atomic E-state index is 12.1. The summed E-state index contributed by atoms with van der Waals surface area (Å²) in [5, 5.41) is 8.87. The lowest BCUT2D eigenvalue weighted by Gasteiger charge is -2.28. The van der Waals surface area contributed by atoms with Crippen molar-refractivity contribution in [3.05, 3.63) is 0 Å². The quantitative estimate of drug-likeness (QED) is 0.517. The van der Waals surface area contributed by atoms with Gasteiger partial charge in [-0.15, -0.1) is 0 Å². The highest BCUT2D eigenvalue weighted by Crippen LogP contribution is 2.10. The van der Waals surface area contributed by atoms with Crippen LogP contribution in [0, 0.1) is 11.8 Å². The van der Waals surface area contributed by atoms with Gasteiger partial charge in [0, 0.05) is 11.7 Å². The van der Waals surface area contributed by atoms with E-state index >= 15 is 0 Å². The molecule has 0 radical (unpaired) electrons. The molecular weight excluding hydrogens is 282 g/mol. The van der Waals surface area contributed by atoms with Crippen molar-refractivity contribution in [2.24, 2.45) is 11.8 Å². The fourth-order valence-electron chi connectivity index (χ4n) is 1.41. The molecule has 20 heavy (non-hydrogen) atoms. The van der Waals surface area contributed by atoms with E-state index in [1.807, 2.05) is 13.8 Å². The Morgan fingerprint density at radius 2 is 1.75 bits per heavy atom. The molecule has 2 atom stereocenters. The molecule has 0 aromatic heterocycles. The van der Waals surface area contributed by atoms with E-state index in [9.17, 15) is 14.4 Å². The number of carbonyl (C=O) groups excluding carboxylic acids is 2. The van der Waals surface area contributed by atoms with Crippen LogP contribution in [0.15, 0.2) is 0 Å². The molecule has 0 bridgehead atoms. The number of hydrogen-bond acceptors (Lipinski definition) is 5. The lowest BCUT2D eigenvalue weighted by atomic mass is 10.1. The molecule has 0 aliphatic heterocycles. The number of esters is 1. The van der Waals surface area contributed by atoms with Crippen LogP contribution in [-0.2, 0) is 19.1 Å². The molecule has 0 saturated heterocycles. The Bertz CT molecular complexity index is 359. The Hall–Kier alpha value is -1.24. The third-order valence-corrected chi connectivity index (χ3v) is 3.20. The number of carboxylic acids is 1. The van der Waals surface area contributed by atoms with Crippen molar-refractivity contribution in [2.45, 2.75) is 33.7 Å². The molecule has 0 aliphatic rings. The van der Waals surface area contributed by atoms with Gasteiger partial charge < -0.3 is 14.7 Å². The third kappa shape index (κ3) is 6.27. The minimum absolute atomic E-state index is 0.172. The molecule has 7 heteroatoms. The Labute approximate surface area is 124 Å². The van der Waals surface area contributed by atoms with Crippen LogP contribution in [0.2, 0.25) is 0 Å². The summed E-state index contributed by atoms with van der Waals surface area (Å²) in [6, 6.07) is -0.931. The second-order valence-corrected chi connectivity index (χ2v) is 5.51. The maximum Gasteiger partial charge on any atom is 0.328 e. The van der Waals surface area contributed by atoms with Crippen molar-refractivity contribution in [1.82, 2.24) is 4.90 Å². The van der Waals surface area contributed by atoms with Gasteiger partial charge in [-0.25, -0.2) is 4.79 Å². The number of ether oxygens (including phenoxy) is 1. The first kappa shape index (κ1) is 18.8. The standard InChI is InChI=1S/C13H23NO5S/c1-8(2)6-19-13(18)10(4)14(5-11(15)16)12(17)9(3)7-20/h8-10,20H,5-7H2,1-4H3,(H,15,16)/t9-,10-/m1/s1. The smallest absolute Gasteiger partial charge is 0.328 e. The van der Waals surface area contributed by atoms with E-state index in [4.69, 9.17) is 9.84 Å². The van der Waals surface area contributed by atoms with E-state index in [0.717, 1.165) is 4.90 Å². The lowest BCUT2D eigenvalue weighted by Crippen LogP contribution is -2.49. The number of nitrogens with zero attached hydrogens (tertiary/aromatic N) is 1. The van der Waals surface area contributed by atoms with E-state index in [0.29, 0.717) is 0 Å². The van der Waals surface area contributed by atoms with Crippen LogP contribution >= 0.6 is 12.6 Å². The minimum Gasteiger partial charge on any atom is -0.480 e. The van der Waals surface area contributed by atoms with Gasteiger partial charge in [0.2, 0.25) is 5.91 Å². The van der Waals surface area contributed by atoms with Crippen LogP contribution < -0.4 is 0 Å². The topological polar surface area (TPSA) is 83.9 Å². The summed E-state index contributed by atoms with van der Waals surface area (Å²) in [6.07, 6.45) is 0. The van der Waals surface area contributed by atoms with Crippen LogP contribution in [0.1, 0.15) is 27.7 Å². The molecule has 0 aromatic carbocycles. The van der Waals surface area contributed by atoms with Crippen molar-refractivity contribution in [3.8, 4) is 0 Å². The zero-order valence-electron chi connectivity index (χ0n) is 12.3. The van der Waals surface area contributed by atoms with Crippen molar-refractivity contribution in [2.75, 3.05) is 18.9 Å². The van der Waals surface area contributed by atoms with E-state index in [1.165, 1.54) is 6.92 Å². The maximum atomic E-state index is 12.1. The van der Waals surface area contributed by atoms with Crippen molar-refractivity contribution in [1.29, 1.82) is 0 Å². The fraction of sp³-hybridized carbons (Fsp3) is 0.769. The summed E-state index contributed by atoms with van der Waals surface area (Å²) in [5.41, 5.74) is 0. The molecule has 6 nitrogen and oxygen atoms in total. The van der Waals surface area contributed by atoms with Crippen LogP contribution in [-0.4, -0.2) is 52.8 Å². The summed E-state index contributed by atoms with van der Waals surface area (Å²) in [7, 11) is 0. The highest BCUT2D eigenvalue weighted by molar-refractivity contribution is 7.80. The summed E-state index contributed by atoms with van der Waals surface area (Å²) in [6.45, 7) is 6.59. The third-order valence-electron chi connectivity index (χ3n) is 2.65. The molecule has 1 N–H and O–H groups in total. The number of carboxylic acid groups (broad SMARTS) is 1. The predicted molar refractivity (Wildman–Crippen MR) is 77.6 cm³/mol. The Balaban J connectivity index is 4.88. The first-order valence-corrected chi connectivity index (χ1v) is 7.13. The summed E-state index contributed by atoms with van der Waals surface area (Å²) >= 11 is 4.02. The number of carbonyl (C=O) groups is 3. The molecule has 0 unspecified atom stereocenters. The minimum atomic E-state index is -1.17. The second kappa shape index (κ2) is 8.84. The van der Waals surface area contributed by atoms with Crippen LogP contribution in [0.25, 0.3) is 0 Å². The molecule has 116 valence electrons. The van der Waals surface area contributed by atoms with Crippen LogP contribution in [0.3, 0.4) is 0 Å². The number of thiol groups is 1. The lowest BCUT2D eigenvalue weighted by molar-refractivity contribution is -0.159. The molecule has 0 aliphatic carbocycles. The van der Waals surface area contributed by atoms with Gasteiger partial charge in [0.05, 0.1) is 6.61 Å². The monoisotopic (exact) mass is 305 g/mol. The van der Waals surface area contributed by atoms with E-state index in [-0.39, 0.29) is 18.3 Å². The van der Waals surface area contributed by atoms with Gasteiger partial charge in [-0.1, -0.05) is 20.8 Å². The van der Waals surface area contributed by atoms with Crippen molar-refractivity contribution >= 4 is 30.5 Å². The van der Waals surface area contributed by atoms with E-state index in [1.54, 1.807) is 6.92 Å². The van der Waals surface area contributed by atoms with Crippen molar-refractivity contribution < 1.29 is 24.2 Å². The molecule has 0 fully saturated rings. The first-order chi connectivity index (χ1) is 9.20. The Morgan fingerprint density at radius 3 is 2.15 bits per heavy atom. The highest BCUT2D eigenvalue weighted by atomic mass is 32.1. The largest absolute Gasteiger partial charge is 0.480 e. The second-order valence-electron chi connectivity index (χ2n) is 5.14. The van der Waals surface area contributed by atoms with Gasteiger partial charge in [-0.2, -0.15) is 12.6 Å². The number of aliphatic carboxylic acids is 1. The molecular formula is C13H23NO5S. The van der Waals surface area contributed by atoms with Crippen molar-refractivity contribution in [3.63, 3.8) is 0 Å². The van der Waals surface area contributed by atoms with Gasteiger partial charge in [-0.05, 0) is 12.8 Å². The molecule has 0 rings (SSSR count). The molecule has 0 saturated carbocycles. The summed E-state index contributed by atoms with van der Waals surface area (Å²) in [5.74, 6) is -2.20. The zero-order chi connectivity index (χ0) is 15.9. The van der Waals surface area contributed by atoms with Gasteiger partial charge >= 0.3 is 11.9 Å². The molecule has 0 heterocycles. The number of hydrogen-bond donors (Lipinski definition) is 2. The molecule has 0 aromatic rings. The van der Waals surface area contributed by atoms with Gasteiger partial charge in [0.25, 0.3) is 0 Å². The van der Waals surface area contributed by atoms with Crippen LogP contribution in [0.5, 0.6) is 0 Å². The first-order valence-electron chi connectivity index (χ1n) is 6.50. The Kier molecular flexibility index (Phi) is 8.29. The number of rotatable bonds is 8. The average Bonchev–Trinajstić information content (AvgIpc) is 2.39. The van der Waals surface area contributed by atoms with Crippen LogP contribution in [0.4, 0.5) is 0 Å². The summed E-state index contributed by atoms with van der Waals surface area (Å²) < 4.78 is 5.05.